The molecule has 0 aliphatic heterocycles. The van der Waals surface area contributed by atoms with Crippen LogP contribution >= 0.6 is 0 Å². The highest BCUT2D eigenvalue weighted by Crippen LogP contribution is 2.37. The molecule has 0 N–H and O–H groups in total. The largest absolute Gasteiger partial charge is 0.494 e. The number of hydrogen-bond donors (Lipinski definition) is 0. The van der Waals surface area contributed by atoms with Crippen LogP contribution in [0, 0.1) is 23.4 Å². The zero-order chi connectivity index (χ0) is 22.6. The molecule has 2 aromatic rings. The Morgan fingerprint density at radius 3 is 2.19 bits per heavy atom. The van der Waals surface area contributed by atoms with Crippen molar-refractivity contribution in [1.82, 2.24) is 0 Å². The molecule has 1 aliphatic rings. The number of benzene rings is 2. The molecule has 0 saturated heterocycles. The molecule has 0 radical (unpaired) electrons. The zero-order valence-corrected chi connectivity index (χ0v) is 17.3. The van der Waals surface area contributed by atoms with Crippen LogP contribution in [-0.4, -0.2) is 13.2 Å². The molecule has 0 amide bonds. The van der Waals surface area contributed by atoms with E-state index in [2.05, 4.69) is 11.3 Å². The van der Waals surface area contributed by atoms with E-state index in [-0.39, 0.29) is 11.7 Å². The molecule has 0 bridgehead atoms. The van der Waals surface area contributed by atoms with Crippen molar-refractivity contribution >= 4 is 0 Å². The van der Waals surface area contributed by atoms with E-state index in [0.717, 1.165) is 43.9 Å². The summed E-state index contributed by atoms with van der Waals surface area (Å²) in [4.78, 5) is 0. The van der Waals surface area contributed by atoms with Gasteiger partial charge in [0.05, 0.1) is 13.5 Å². The van der Waals surface area contributed by atoms with Crippen LogP contribution in [0.15, 0.2) is 43.0 Å². The van der Waals surface area contributed by atoms with Gasteiger partial charge in [-0.2, -0.15) is 8.78 Å². The fourth-order valence-corrected chi connectivity index (χ4v) is 3.99. The maximum absolute atomic E-state index is 14.5. The quantitative estimate of drug-likeness (QED) is 0.320. The highest BCUT2D eigenvalue weighted by molar-refractivity contribution is 5.33. The average molecular weight is 440 g/mol. The topological polar surface area (TPSA) is 18.5 Å². The number of alkyl halides is 2. The summed E-state index contributed by atoms with van der Waals surface area (Å²) in [7, 11) is 1.24. The van der Waals surface area contributed by atoms with E-state index in [0.29, 0.717) is 11.5 Å². The van der Waals surface area contributed by atoms with Crippen molar-refractivity contribution in [2.75, 3.05) is 7.11 Å². The fraction of sp³-hybridized carbons (Fsp3) is 0.417. The van der Waals surface area contributed by atoms with Gasteiger partial charge in [0.1, 0.15) is 17.4 Å². The molecule has 3 rings (SSSR count). The van der Waals surface area contributed by atoms with Gasteiger partial charge in [0.2, 0.25) is 0 Å². The second-order valence-electron chi connectivity index (χ2n) is 7.85. The summed E-state index contributed by atoms with van der Waals surface area (Å²) >= 11 is 0. The van der Waals surface area contributed by atoms with Gasteiger partial charge in [-0.1, -0.05) is 6.08 Å². The van der Waals surface area contributed by atoms with Crippen molar-refractivity contribution in [2.24, 2.45) is 5.92 Å². The number of halogens is 5. The molecule has 0 atom stereocenters. The third kappa shape index (κ3) is 5.77. The summed E-state index contributed by atoms with van der Waals surface area (Å²) in [5.41, 5.74) is 0.144. The molecule has 2 aromatic carbocycles. The lowest BCUT2D eigenvalue weighted by Crippen LogP contribution is -2.26. The first-order valence-corrected chi connectivity index (χ1v) is 10.2. The first-order valence-electron chi connectivity index (χ1n) is 10.2. The maximum Gasteiger partial charge on any atom is 0.398 e. The molecule has 31 heavy (non-hydrogen) atoms. The molecular formula is C24H25F5O2. The highest BCUT2D eigenvalue weighted by atomic mass is 19.3. The van der Waals surface area contributed by atoms with Crippen molar-refractivity contribution in [3.05, 3.63) is 71.6 Å². The van der Waals surface area contributed by atoms with Crippen molar-refractivity contribution in [3.63, 3.8) is 0 Å². The number of ether oxygens (including phenoxy) is 2. The van der Waals surface area contributed by atoms with Crippen LogP contribution in [0.25, 0.3) is 0 Å². The smallest absolute Gasteiger partial charge is 0.398 e. The van der Waals surface area contributed by atoms with Crippen LogP contribution < -0.4 is 9.47 Å². The first-order chi connectivity index (χ1) is 14.7. The maximum atomic E-state index is 14.5. The summed E-state index contributed by atoms with van der Waals surface area (Å²) in [5, 5.41) is 0. The molecule has 0 aromatic heterocycles. The minimum absolute atomic E-state index is 0.0454. The molecular weight excluding hydrogens is 415 g/mol. The van der Waals surface area contributed by atoms with E-state index in [1.807, 2.05) is 6.08 Å². The Labute approximate surface area is 178 Å². The third-order valence-electron chi connectivity index (χ3n) is 5.80. The van der Waals surface area contributed by atoms with Gasteiger partial charge in [-0.25, -0.2) is 13.2 Å². The average Bonchev–Trinajstić information content (AvgIpc) is 2.73. The predicted octanol–water partition coefficient (Wildman–Crippen LogP) is 7.18. The van der Waals surface area contributed by atoms with Crippen molar-refractivity contribution in [2.45, 2.75) is 50.6 Å². The van der Waals surface area contributed by atoms with Crippen LogP contribution in [0.3, 0.4) is 0 Å². The molecule has 2 nitrogen and oxygen atoms in total. The van der Waals surface area contributed by atoms with Crippen LogP contribution in [0.2, 0.25) is 0 Å². The molecule has 1 saturated carbocycles. The van der Waals surface area contributed by atoms with Gasteiger partial charge >= 0.3 is 6.11 Å². The molecule has 1 fully saturated rings. The van der Waals surface area contributed by atoms with Gasteiger partial charge < -0.3 is 9.47 Å². The normalized spacial score (nSPS) is 19.2. The van der Waals surface area contributed by atoms with Crippen LogP contribution in [0.4, 0.5) is 22.0 Å². The van der Waals surface area contributed by atoms with Crippen LogP contribution in [0.1, 0.15) is 49.1 Å². The molecule has 168 valence electrons. The Kier molecular flexibility index (Phi) is 7.23. The van der Waals surface area contributed by atoms with Gasteiger partial charge in [-0.05, 0) is 73.8 Å². The van der Waals surface area contributed by atoms with Crippen molar-refractivity contribution in [1.29, 1.82) is 0 Å². The van der Waals surface area contributed by atoms with E-state index >= 15 is 0 Å². The SMILES string of the molecule is C=CC1CCC(c2cc(F)c(CCC(F)(F)Oc3ccc(OC)c(F)c3)c(F)c2)CC1. The van der Waals surface area contributed by atoms with E-state index in [1.165, 1.54) is 19.2 Å². The number of rotatable bonds is 8. The number of allylic oxidation sites excluding steroid dienone is 1. The Balaban J connectivity index is 1.65. The molecule has 0 unspecified atom stereocenters. The van der Waals surface area contributed by atoms with Gasteiger partial charge in [0.15, 0.2) is 11.6 Å². The molecule has 0 spiro atoms. The van der Waals surface area contributed by atoms with Gasteiger partial charge in [0, 0.05) is 11.6 Å². The fourth-order valence-electron chi connectivity index (χ4n) is 3.99. The monoisotopic (exact) mass is 440 g/mol. The molecule has 1 aliphatic carbocycles. The van der Waals surface area contributed by atoms with Gasteiger partial charge in [-0.15, -0.1) is 6.58 Å². The Bertz CT molecular complexity index is 897. The summed E-state index contributed by atoms with van der Waals surface area (Å²) in [6.45, 7) is 3.78. The summed E-state index contributed by atoms with van der Waals surface area (Å²) in [6, 6.07) is 5.54. The van der Waals surface area contributed by atoms with E-state index in [9.17, 15) is 22.0 Å². The van der Waals surface area contributed by atoms with Gasteiger partial charge in [-0.3, -0.25) is 0 Å². The lowest BCUT2D eigenvalue weighted by Gasteiger charge is -2.27. The Morgan fingerprint density at radius 2 is 1.65 bits per heavy atom. The lowest BCUT2D eigenvalue weighted by atomic mass is 9.78. The second-order valence-corrected chi connectivity index (χ2v) is 7.85. The Hall–Kier alpha value is -2.57. The minimum atomic E-state index is -3.73. The third-order valence-corrected chi connectivity index (χ3v) is 5.80. The second kappa shape index (κ2) is 9.71. The van der Waals surface area contributed by atoms with Crippen LogP contribution in [0.5, 0.6) is 11.5 Å². The lowest BCUT2D eigenvalue weighted by molar-refractivity contribution is -0.180. The minimum Gasteiger partial charge on any atom is -0.494 e. The van der Waals surface area contributed by atoms with Crippen molar-refractivity contribution < 1.29 is 31.4 Å². The summed E-state index contributed by atoms with van der Waals surface area (Å²) < 4.78 is 80.4. The first kappa shape index (κ1) is 23.1. The standard InChI is InChI=1S/C24H25F5O2/c1-3-15-4-6-16(7-5-15)17-12-20(25)19(21(26)13-17)10-11-24(28,29)31-18-8-9-23(30-2)22(27)14-18/h3,8-9,12-16H,1,4-7,10-11H2,2H3. The van der Waals surface area contributed by atoms with E-state index < -0.39 is 47.7 Å². The van der Waals surface area contributed by atoms with E-state index in [1.54, 1.807) is 0 Å². The van der Waals surface area contributed by atoms with Gasteiger partial charge in [0.25, 0.3) is 0 Å². The molecule has 7 heteroatoms. The van der Waals surface area contributed by atoms with Crippen molar-refractivity contribution in [3.8, 4) is 11.5 Å². The summed E-state index contributed by atoms with van der Waals surface area (Å²) in [5.74, 6) is -2.59. The zero-order valence-electron chi connectivity index (χ0n) is 17.3. The number of methoxy groups -OCH3 is 1. The predicted molar refractivity (Wildman–Crippen MR) is 108 cm³/mol. The van der Waals surface area contributed by atoms with E-state index in [4.69, 9.17) is 4.74 Å². The highest BCUT2D eigenvalue weighted by Gasteiger charge is 2.33. The number of hydrogen-bond acceptors (Lipinski definition) is 2. The van der Waals surface area contributed by atoms with Crippen LogP contribution in [-0.2, 0) is 6.42 Å². The summed E-state index contributed by atoms with van der Waals surface area (Å²) in [6.07, 6.45) is 0.0810. The Morgan fingerprint density at radius 1 is 1.00 bits per heavy atom. The molecule has 0 heterocycles.